The fourth-order valence-corrected chi connectivity index (χ4v) is 1.41. The van der Waals surface area contributed by atoms with Crippen molar-refractivity contribution < 1.29 is 4.74 Å². The van der Waals surface area contributed by atoms with Crippen LogP contribution in [0.4, 0.5) is 0 Å². The molecule has 1 aromatic heterocycles. The van der Waals surface area contributed by atoms with Gasteiger partial charge in [0.25, 0.3) is 5.56 Å². The Morgan fingerprint density at radius 2 is 2.21 bits per heavy atom. The van der Waals surface area contributed by atoms with Crippen molar-refractivity contribution in [3.05, 3.63) is 34.7 Å². The van der Waals surface area contributed by atoms with E-state index < -0.39 is 0 Å². The van der Waals surface area contributed by atoms with Gasteiger partial charge in [-0.1, -0.05) is 11.5 Å². The van der Waals surface area contributed by atoms with E-state index >= 15 is 0 Å². The third-order valence-electron chi connectivity index (χ3n) is 2.12. The number of benzene rings is 1. The molecule has 4 heteroatoms. The van der Waals surface area contributed by atoms with Crippen LogP contribution in [0.2, 0.25) is 0 Å². The van der Waals surface area contributed by atoms with Crippen molar-refractivity contribution in [3.8, 4) is 5.75 Å². The Labute approximate surface area is 82.1 Å². The summed E-state index contributed by atoms with van der Waals surface area (Å²) < 4.78 is 5.03. The number of ether oxygens (including phenoxy) is 1. The highest BCUT2D eigenvalue weighted by Gasteiger charge is 2.02. The minimum atomic E-state index is -0.138. The molecule has 0 spiro atoms. The molecule has 0 amide bonds. The zero-order chi connectivity index (χ0) is 10.1. The number of aromatic nitrogens is 1. The smallest absolute Gasteiger partial charge is 0.255 e. The van der Waals surface area contributed by atoms with Crippen molar-refractivity contribution in [2.75, 3.05) is 7.11 Å². The first-order chi connectivity index (χ1) is 6.72. The van der Waals surface area contributed by atoms with E-state index in [-0.39, 0.29) is 5.56 Å². The van der Waals surface area contributed by atoms with Crippen LogP contribution >= 0.6 is 0 Å². The summed E-state index contributed by atoms with van der Waals surface area (Å²) >= 11 is 0. The van der Waals surface area contributed by atoms with Crippen molar-refractivity contribution in [3.63, 3.8) is 0 Å². The van der Waals surface area contributed by atoms with Crippen LogP contribution in [0.15, 0.2) is 29.2 Å². The van der Waals surface area contributed by atoms with Gasteiger partial charge in [-0.3, -0.25) is 4.79 Å². The van der Waals surface area contributed by atoms with Gasteiger partial charge in [0.1, 0.15) is 13.6 Å². The summed E-state index contributed by atoms with van der Waals surface area (Å²) in [6.07, 6.45) is 1.59. The van der Waals surface area contributed by atoms with Crippen molar-refractivity contribution in [1.29, 1.82) is 0 Å². The van der Waals surface area contributed by atoms with Crippen LogP contribution in [-0.4, -0.2) is 19.9 Å². The number of pyridine rings is 1. The first-order valence-electron chi connectivity index (χ1n) is 4.17. The molecule has 1 heterocycles. The van der Waals surface area contributed by atoms with Gasteiger partial charge in [-0.2, -0.15) is 0 Å². The van der Waals surface area contributed by atoms with Crippen LogP contribution in [0.5, 0.6) is 5.75 Å². The molecular formula is C10H8BNO2. The van der Waals surface area contributed by atoms with Gasteiger partial charge < -0.3 is 9.72 Å². The van der Waals surface area contributed by atoms with Crippen LogP contribution in [0.25, 0.3) is 10.8 Å². The summed E-state index contributed by atoms with van der Waals surface area (Å²) in [5, 5.41) is 1.39. The largest absolute Gasteiger partial charge is 0.497 e. The lowest BCUT2D eigenvalue weighted by molar-refractivity contribution is 0.419. The molecule has 0 bridgehead atoms. The SMILES string of the molecule is [B]c1cc2cc[nH]c(=O)c2cc1OC. The van der Waals surface area contributed by atoms with E-state index in [0.29, 0.717) is 16.6 Å². The van der Waals surface area contributed by atoms with Gasteiger partial charge in [0, 0.05) is 6.20 Å². The lowest BCUT2D eigenvalue weighted by Crippen LogP contribution is -2.11. The zero-order valence-electron chi connectivity index (χ0n) is 7.70. The number of nitrogens with one attached hydrogen (secondary N) is 1. The van der Waals surface area contributed by atoms with Crippen molar-refractivity contribution in [1.82, 2.24) is 4.98 Å². The molecule has 0 fully saturated rings. The normalized spacial score (nSPS) is 10.4. The lowest BCUT2D eigenvalue weighted by Gasteiger charge is -2.05. The highest BCUT2D eigenvalue weighted by atomic mass is 16.5. The number of hydrogen-bond acceptors (Lipinski definition) is 2. The summed E-state index contributed by atoms with van der Waals surface area (Å²) in [4.78, 5) is 14.0. The summed E-state index contributed by atoms with van der Waals surface area (Å²) in [7, 11) is 7.23. The maximum Gasteiger partial charge on any atom is 0.255 e. The molecule has 3 nitrogen and oxygen atoms in total. The number of hydrogen-bond donors (Lipinski definition) is 1. The van der Waals surface area contributed by atoms with Crippen LogP contribution in [0, 0.1) is 0 Å². The summed E-state index contributed by atoms with van der Waals surface area (Å²) in [5.74, 6) is 0.522. The fraction of sp³-hybridized carbons (Fsp3) is 0.100. The molecule has 0 unspecified atom stereocenters. The van der Waals surface area contributed by atoms with Gasteiger partial charge in [-0.15, -0.1) is 0 Å². The Kier molecular flexibility index (Phi) is 2.04. The molecule has 14 heavy (non-hydrogen) atoms. The van der Waals surface area contributed by atoms with E-state index in [9.17, 15) is 4.79 Å². The van der Waals surface area contributed by atoms with Crippen molar-refractivity contribution >= 4 is 24.1 Å². The molecule has 0 aliphatic rings. The van der Waals surface area contributed by atoms with Gasteiger partial charge in [0.15, 0.2) is 0 Å². The van der Waals surface area contributed by atoms with Crippen molar-refractivity contribution in [2.45, 2.75) is 0 Å². The Bertz CT molecular complexity index is 533. The van der Waals surface area contributed by atoms with E-state index in [1.165, 1.54) is 7.11 Å². The minimum absolute atomic E-state index is 0.138. The topological polar surface area (TPSA) is 42.1 Å². The van der Waals surface area contributed by atoms with Crippen LogP contribution < -0.4 is 15.8 Å². The molecule has 2 rings (SSSR count). The quantitative estimate of drug-likeness (QED) is 0.650. The summed E-state index contributed by atoms with van der Waals surface area (Å²) in [6, 6.07) is 5.17. The van der Waals surface area contributed by atoms with E-state index in [0.717, 1.165) is 5.39 Å². The Balaban J connectivity index is 2.87. The lowest BCUT2D eigenvalue weighted by atomic mass is 9.92. The standard InChI is InChI=1S/C10H8BNO2/c1-14-9-5-7-6(4-8(9)11)2-3-12-10(7)13/h2-5H,1H3,(H,12,13). The summed E-state index contributed by atoms with van der Waals surface area (Å²) in [5.41, 5.74) is 0.395. The maximum absolute atomic E-state index is 11.4. The monoisotopic (exact) mass is 185 g/mol. The molecule has 0 aliphatic heterocycles. The van der Waals surface area contributed by atoms with E-state index in [4.69, 9.17) is 12.6 Å². The molecule has 0 saturated carbocycles. The molecule has 0 saturated heterocycles. The Morgan fingerprint density at radius 3 is 2.93 bits per heavy atom. The average molecular weight is 185 g/mol. The van der Waals surface area contributed by atoms with Crippen molar-refractivity contribution in [2.24, 2.45) is 0 Å². The minimum Gasteiger partial charge on any atom is -0.497 e. The predicted octanol–water partition coefficient (Wildman–Crippen LogP) is 0.330. The average Bonchev–Trinajstić information content (AvgIpc) is 2.17. The molecule has 2 aromatic rings. The second-order valence-electron chi connectivity index (χ2n) is 2.99. The van der Waals surface area contributed by atoms with Gasteiger partial charge >= 0.3 is 0 Å². The molecule has 2 radical (unpaired) electrons. The summed E-state index contributed by atoms with van der Waals surface area (Å²) in [6.45, 7) is 0. The highest BCUT2D eigenvalue weighted by Crippen LogP contribution is 2.13. The third-order valence-corrected chi connectivity index (χ3v) is 2.12. The number of aromatic amines is 1. The van der Waals surface area contributed by atoms with Crippen LogP contribution in [0.1, 0.15) is 0 Å². The number of methoxy groups -OCH3 is 1. The van der Waals surface area contributed by atoms with Crippen LogP contribution in [0.3, 0.4) is 0 Å². The van der Waals surface area contributed by atoms with Gasteiger partial charge in [0.05, 0.1) is 12.5 Å². The second-order valence-corrected chi connectivity index (χ2v) is 2.99. The van der Waals surface area contributed by atoms with Gasteiger partial charge in [-0.25, -0.2) is 0 Å². The maximum atomic E-state index is 11.4. The van der Waals surface area contributed by atoms with E-state index in [1.54, 1.807) is 24.4 Å². The van der Waals surface area contributed by atoms with E-state index in [2.05, 4.69) is 4.98 Å². The molecule has 1 aromatic carbocycles. The Hall–Kier alpha value is -1.71. The number of H-pyrrole nitrogens is 1. The molecule has 68 valence electrons. The van der Waals surface area contributed by atoms with E-state index in [1.807, 2.05) is 0 Å². The van der Waals surface area contributed by atoms with Gasteiger partial charge in [0.2, 0.25) is 0 Å². The molecule has 0 aliphatic carbocycles. The predicted molar refractivity (Wildman–Crippen MR) is 56.5 cm³/mol. The first-order valence-corrected chi connectivity index (χ1v) is 4.17. The fourth-order valence-electron chi connectivity index (χ4n) is 1.41. The third kappa shape index (κ3) is 1.29. The first kappa shape index (κ1) is 8.87. The zero-order valence-corrected chi connectivity index (χ0v) is 7.70. The second kappa shape index (κ2) is 3.22. The molecular weight excluding hydrogens is 177 g/mol. The number of rotatable bonds is 1. The van der Waals surface area contributed by atoms with Crippen LogP contribution in [-0.2, 0) is 0 Å². The molecule has 0 atom stereocenters. The Morgan fingerprint density at radius 1 is 1.43 bits per heavy atom. The van der Waals surface area contributed by atoms with Gasteiger partial charge in [-0.05, 0) is 17.5 Å². The highest BCUT2D eigenvalue weighted by molar-refractivity contribution is 6.35. The molecule has 1 N–H and O–H groups in total. The number of fused-ring (bicyclic) bond motifs is 1.